The smallest absolute Gasteiger partial charge is 0.146 e. The minimum atomic E-state index is -0.130. The van der Waals surface area contributed by atoms with Crippen molar-refractivity contribution in [3.63, 3.8) is 0 Å². The van der Waals surface area contributed by atoms with Gasteiger partial charge in [-0.1, -0.05) is 19.1 Å². The van der Waals surface area contributed by atoms with E-state index in [2.05, 4.69) is 19.2 Å². The first-order chi connectivity index (χ1) is 6.14. The molecule has 1 N–H and O–H groups in total. The van der Waals surface area contributed by atoms with Crippen LogP contribution in [0.25, 0.3) is 0 Å². The highest BCUT2D eigenvalue weighted by Gasteiger charge is 2.31. The van der Waals surface area contributed by atoms with E-state index in [1.807, 2.05) is 6.07 Å². The molecule has 1 aliphatic heterocycles. The van der Waals surface area contributed by atoms with Crippen LogP contribution < -0.4 is 5.32 Å². The molecule has 0 fully saturated rings. The zero-order chi connectivity index (χ0) is 9.47. The number of para-hydroxylation sites is 1. The van der Waals surface area contributed by atoms with E-state index in [1.54, 1.807) is 6.07 Å². The number of halogens is 1. The summed E-state index contributed by atoms with van der Waals surface area (Å²) in [6.07, 6.45) is 1.94. The van der Waals surface area contributed by atoms with Crippen LogP contribution in [-0.2, 0) is 6.42 Å². The minimum absolute atomic E-state index is 0.0462. The third kappa shape index (κ3) is 1.30. The number of anilines is 1. The van der Waals surface area contributed by atoms with E-state index in [0.717, 1.165) is 18.4 Å². The number of rotatable bonds is 1. The molecule has 1 aliphatic rings. The predicted octanol–water partition coefficient (Wildman–Crippen LogP) is 2.96. The second-order valence-corrected chi connectivity index (χ2v) is 3.99. The second-order valence-electron chi connectivity index (χ2n) is 3.99. The van der Waals surface area contributed by atoms with Crippen LogP contribution in [0.5, 0.6) is 0 Å². The molecular weight excluding hydrogens is 165 g/mol. The fraction of sp³-hybridized carbons (Fsp3) is 0.455. The number of benzene rings is 1. The normalized spacial score (nSPS) is 25.5. The number of nitrogens with one attached hydrogen (secondary N) is 1. The van der Waals surface area contributed by atoms with Crippen LogP contribution in [0.15, 0.2) is 18.2 Å². The van der Waals surface area contributed by atoms with Crippen molar-refractivity contribution in [1.82, 2.24) is 0 Å². The lowest BCUT2D eigenvalue weighted by molar-refractivity contribution is 0.513. The van der Waals surface area contributed by atoms with Gasteiger partial charge in [0.25, 0.3) is 0 Å². The molecule has 0 amide bonds. The van der Waals surface area contributed by atoms with Gasteiger partial charge in [-0.25, -0.2) is 4.39 Å². The first-order valence-corrected chi connectivity index (χ1v) is 4.70. The fourth-order valence-electron chi connectivity index (χ4n) is 1.84. The molecule has 1 heterocycles. The molecule has 1 unspecified atom stereocenters. The quantitative estimate of drug-likeness (QED) is 0.698. The van der Waals surface area contributed by atoms with E-state index >= 15 is 0 Å². The summed E-state index contributed by atoms with van der Waals surface area (Å²) in [5.41, 5.74) is 1.85. The van der Waals surface area contributed by atoms with E-state index in [1.165, 1.54) is 6.07 Å². The molecule has 1 atom stereocenters. The van der Waals surface area contributed by atoms with Gasteiger partial charge in [-0.05, 0) is 31.4 Å². The molecule has 1 nitrogen and oxygen atoms in total. The zero-order valence-corrected chi connectivity index (χ0v) is 8.02. The van der Waals surface area contributed by atoms with E-state index < -0.39 is 0 Å². The lowest BCUT2D eigenvalue weighted by Gasteiger charge is -2.22. The van der Waals surface area contributed by atoms with Gasteiger partial charge >= 0.3 is 0 Å². The maximum Gasteiger partial charge on any atom is 0.146 e. The molecule has 70 valence electrons. The molecule has 0 bridgehead atoms. The Kier molecular flexibility index (Phi) is 1.79. The highest BCUT2D eigenvalue weighted by Crippen LogP contribution is 2.35. The number of hydrogen-bond acceptors (Lipinski definition) is 1. The Hall–Kier alpha value is -1.05. The van der Waals surface area contributed by atoms with Crippen molar-refractivity contribution in [2.75, 3.05) is 5.32 Å². The number of fused-ring (bicyclic) bond motifs is 1. The molecule has 2 heteroatoms. The van der Waals surface area contributed by atoms with Gasteiger partial charge in [0.15, 0.2) is 0 Å². The Morgan fingerprint density at radius 1 is 1.54 bits per heavy atom. The minimum Gasteiger partial charge on any atom is -0.377 e. The summed E-state index contributed by atoms with van der Waals surface area (Å²) in [7, 11) is 0. The van der Waals surface area contributed by atoms with E-state index in [-0.39, 0.29) is 11.4 Å². The van der Waals surface area contributed by atoms with Crippen molar-refractivity contribution in [2.45, 2.75) is 32.2 Å². The Morgan fingerprint density at radius 2 is 2.31 bits per heavy atom. The lowest BCUT2D eigenvalue weighted by Crippen LogP contribution is -2.30. The zero-order valence-electron chi connectivity index (χ0n) is 8.02. The molecule has 0 saturated heterocycles. The van der Waals surface area contributed by atoms with Crippen LogP contribution in [0.2, 0.25) is 0 Å². The standard InChI is InChI=1S/C11H14FN/c1-3-11(2)7-8-5-4-6-9(12)10(8)13-11/h4-6,13H,3,7H2,1-2H3. The molecule has 0 spiro atoms. The summed E-state index contributed by atoms with van der Waals surface area (Å²) in [5, 5.41) is 3.25. The summed E-state index contributed by atoms with van der Waals surface area (Å²) < 4.78 is 13.3. The fourth-order valence-corrected chi connectivity index (χ4v) is 1.84. The van der Waals surface area contributed by atoms with Crippen LogP contribution in [0.1, 0.15) is 25.8 Å². The van der Waals surface area contributed by atoms with Crippen molar-refractivity contribution >= 4 is 5.69 Å². The number of hydrogen-bond donors (Lipinski definition) is 1. The molecular formula is C11H14FN. The van der Waals surface area contributed by atoms with Crippen LogP contribution in [0, 0.1) is 5.82 Å². The second kappa shape index (κ2) is 2.72. The Morgan fingerprint density at radius 3 is 2.92 bits per heavy atom. The molecule has 1 aromatic rings. The molecule has 1 aromatic carbocycles. The highest BCUT2D eigenvalue weighted by molar-refractivity contribution is 5.59. The van der Waals surface area contributed by atoms with Gasteiger partial charge in [-0.2, -0.15) is 0 Å². The van der Waals surface area contributed by atoms with Gasteiger partial charge in [-0.3, -0.25) is 0 Å². The summed E-state index contributed by atoms with van der Waals surface area (Å²) in [6.45, 7) is 4.25. The van der Waals surface area contributed by atoms with Crippen LogP contribution in [-0.4, -0.2) is 5.54 Å². The van der Waals surface area contributed by atoms with Crippen molar-refractivity contribution in [1.29, 1.82) is 0 Å². The third-order valence-electron chi connectivity index (χ3n) is 2.89. The summed E-state index contributed by atoms with van der Waals surface area (Å²) in [5.74, 6) is -0.130. The van der Waals surface area contributed by atoms with Gasteiger partial charge in [0.05, 0.1) is 5.69 Å². The first-order valence-electron chi connectivity index (χ1n) is 4.70. The maximum atomic E-state index is 13.3. The van der Waals surface area contributed by atoms with Gasteiger partial charge in [-0.15, -0.1) is 0 Å². The van der Waals surface area contributed by atoms with Crippen molar-refractivity contribution in [2.24, 2.45) is 0 Å². The molecule has 2 rings (SSSR count). The molecule has 0 radical (unpaired) electrons. The largest absolute Gasteiger partial charge is 0.377 e. The lowest BCUT2D eigenvalue weighted by atomic mass is 9.95. The van der Waals surface area contributed by atoms with Crippen molar-refractivity contribution in [3.05, 3.63) is 29.6 Å². The van der Waals surface area contributed by atoms with E-state index in [4.69, 9.17) is 0 Å². The highest BCUT2D eigenvalue weighted by atomic mass is 19.1. The Balaban J connectivity index is 2.40. The van der Waals surface area contributed by atoms with Gasteiger partial charge in [0.2, 0.25) is 0 Å². The van der Waals surface area contributed by atoms with E-state index in [0.29, 0.717) is 5.69 Å². The Bertz CT molecular complexity index is 335. The summed E-state index contributed by atoms with van der Waals surface area (Å²) >= 11 is 0. The molecule has 0 aliphatic carbocycles. The topological polar surface area (TPSA) is 12.0 Å². The molecule has 13 heavy (non-hydrogen) atoms. The van der Waals surface area contributed by atoms with Crippen molar-refractivity contribution < 1.29 is 4.39 Å². The van der Waals surface area contributed by atoms with Crippen molar-refractivity contribution in [3.8, 4) is 0 Å². The van der Waals surface area contributed by atoms with Crippen LogP contribution in [0.4, 0.5) is 10.1 Å². The third-order valence-corrected chi connectivity index (χ3v) is 2.89. The molecule has 0 saturated carbocycles. The van der Waals surface area contributed by atoms with Gasteiger partial charge < -0.3 is 5.32 Å². The Labute approximate surface area is 78.0 Å². The predicted molar refractivity (Wildman–Crippen MR) is 52.4 cm³/mol. The SMILES string of the molecule is CCC1(C)Cc2cccc(F)c2N1. The van der Waals surface area contributed by atoms with Crippen LogP contribution >= 0.6 is 0 Å². The van der Waals surface area contributed by atoms with Gasteiger partial charge in [0, 0.05) is 5.54 Å². The first kappa shape index (κ1) is 8.54. The average molecular weight is 179 g/mol. The molecule has 0 aromatic heterocycles. The summed E-state index contributed by atoms with van der Waals surface area (Å²) in [4.78, 5) is 0. The summed E-state index contributed by atoms with van der Waals surface area (Å²) in [6, 6.07) is 5.27. The average Bonchev–Trinajstić information content (AvgIpc) is 2.45. The van der Waals surface area contributed by atoms with E-state index in [9.17, 15) is 4.39 Å². The monoisotopic (exact) mass is 179 g/mol. The maximum absolute atomic E-state index is 13.3. The van der Waals surface area contributed by atoms with Crippen LogP contribution in [0.3, 0.4) is 0 Å². The van der Waals surface area contributed by atoms with Gasteiger partial charge in [0.1, 0.15) is 5.82 Å².